The third-order valence-electron chi connectivity index (χ3n) is 5.57. The summed E-state index contributed by atoms with van der Waals surface area (Å²) in [7, 11) is 0. The molecule has 0 saturated heterocycles. The summed E-state index contributed by atoms with van der Waals surface area (Å²) in [5, 5.41) is 25.6. The highest BCUT2D eigenvalue weighted by atomic mass is 19.3. The predicted octanol–water partition coefficient (Wildman–Crippen LogP) is 4.88. The molecule has 5 rings (SSSR count). The van der Waals surface area contributed by atoms with Crippen LogP contribution in [0.5, 0.6) is 0 Å². The van der Waals surface area contributed by atoms with Gasteiger partial charge in [0.25, 0.3) is 0 Å². The molecule has 2 N–H and O–H groups in total. The highest BCUT2D eigenvalue weighted by Gasteiger charge is 2.20. The molecule has 178 valence electrons. The maximum Gasteiger partial charge on any atom is 0.333 e. The molecular weight excluding hydrogens is 454 g/mol. The monoisotopic (exact) mass is 476 g/mol. The Morgan fingerprint density at radius 1 is 1.00 bits per heavy atom. The van der Waals surface area contributed by atoms with Crippen molar-refractivity contribution in [2.75, 3.05) is 5.32 Å². The van der Waals surface area contributed by atoms with Gasteiger partial charge < -0.3 is 10.4 Å². The van der Waals surface area contributed by atoms with Crippen molar-refractivity contribution in [3.63, 3.8) is 0 Å². The summed E-state index contributed by atoms with van der Waals surface area (Å²) in [4.78, 5) is 9.19. The molecule has 4 aromatic heterocycles. The number of pyridine rings is 1. The van der Waals surface area contributed by atoms with Gasteiger partial charge in [-0.05, 0) is 62.7 Å². The van der Waals surface area contributed by atoms with E-state index >= 15 is 0 Å². The van der Waals surface area contributed by atoms with Gasteiger partial charge in [0.1, 0.15) is 17.8 Å². The van der Waals surface area contributed by atoms with Gasteiger partial charge in [0.2, 0.25) is 0 Å². The Labute approximate surface area is 199 Å². The Balaban J connectivity index is 1.54. The molecule has 1 unspecified atom stereocenters. The number of nitrogens with zero attached hydrogens (tertiary/aromatic N) is 7. The number of aromatic nitrogens is 7. The average Bonchev–Trinajstić information content (AvgIpc) is 3.43. The zero-order valence-electron chi connectivity index (χ0n) is 19.2. The molecule has 0 amide bonds. The van der Waals surface area contributed by atoms with E-state index < -0.39 is 12.7 Å². The lowest BCUT2D eigenvalue weighted by molar-refractivity contribution is 0.0567. The Morgan fingerprint density at radius 3 is 2.51 bits per heavy atom. The third-order valence-corrected chi connectivity index (χ3v) is 5.57. The number of aliphatic hydroxyl groups excluding tert-OH is 1. The standard InChI is InChI=1S/C24H22F2N8O/c1-13-11-34(24(25)26)32-22(13)23-17(15(3)35)6-9-21(29-23)33-12-27-18-10-16(5-7-19(18)33)28-20-8-4-14(2)30-31-20/h4-12,15,24,35H,1-3H3,(H,28,31). The van der Waals surface area contributed by atoms with Crippen molar-refractivity contribution in [2.24, 2.45) is 0 Å². The van der Waals surface area contributed by atoms with Crippen molar-refractivity contribution in [2.45, 2.75) is 33.4 Å². The van der Waals surface area contributed by atoms with Crippen molar-refractivity contribution in [3.8, 4) is 17.2 Å². The molecule has 4 heterocycles. The number of aryl methyl sites for hydroxylation is 2. The van der Waals surface area contributed by atoms with E-state index in [1.54, 1.807) is 36.9 Å². The summed E-state index contributed by atoms with van der Waals surface area (Å²) in [6, 6.07) is 12.9. The minimum Gasteiger partial charge on any atom is -0.389 e. The van der Waals surface area contributed by atoms with Gasteiger partial charge in [-0.1, -0.05) is 6.07 Å². The fraction of sp³-hybridized carbons (Fsp3) is 0.208. The van der Waals surface area contributed by atoms with Crippen LogP contribution < -0.4 is 5.32 Å². The van der Waals surface area contributed by atoms with Crippen LogP contribution in [0.2, 0.25) is 0 Å². The van der Waals surface area contributed by atoms with E-state index in [0.29, 0.717) is 33.1 Å². The first-order valence-corrected chi connectivity index (χ1v) is 10.9. The van der Waals surface area contributed by atoms with Crippen LogP contribution in [-0.2, 0) is 0 Å². The van der Waals surface area contributed by atoms with E-state index in [0.717, 1.165) is 22.4 Å². The zero-order chi connectivity index (χ0) is 24.7. The van der Waals surface area contributed by atoms with Crippen molar-refractivity contribution in [3.05, 3.63) is 71.8 Å². The third kappa shape index (κ3) is 4.33. The number of anilines is 2. The first-order valence-electron chi connectivity index (χ1n) is 10.9. The molecule has 0 aliphatic rings. The second-order valence-corrected chi connectivity index (χ2v) is 8.20. The summed E-state index contributed by atoms with van der Waals surface area (Å²) in [5.41, 5.74) is 4.79. The Morgan fingerprint density at radius 2 is 1.83 bits per heavy atom. The minimum atomic E-state index is -2.77. The molecular formula is C24H22F2N8O. The van der Waals surface area contributed by atoms with Gasteiger partial charge in [-0.2, -0.15) is 19.0 Å². The second-order valence-electron chi connectivity index (χ2n) is 8.20. The van der Waals surface area contributed by atoms with Gasteiger partial charge in [-0.15, -0.1) is 5.10 Å². The summed E-state index contributed by atoms with van der Waals surface area (Å²) in [6.45, 7) is 2.38. The highest BCUT2D eigenvalue weighted by molar-refractivity contribution is 5.82. The Hall–Kier alpha value is -4.25. The molecule has 0 fully saturated rings. The molecule has 0 bridgehead atoms. The van der Waals surface area contributed by atoms with Gasteiger partial charge >= 0.3 is 6.55 Å². The van der Waals surface area contributed by atoms with Crippen molar-refractivity contribution >= 4 is 22.5 Å². The molecule has 0 radical (unpaired) electrons. The number of benzene rings is 1. The number of aliphatic hydroxyl groups is 1. The zero-order valence-corrected chi connectivity index (χ0v) is 19.2. The second kappa shape index (κ2) is 8.84. The van der Waals surface area contributed by atoms with Crippen LogP contribution in [0, 0.1) is 13.8 Å². The topological polar surface area (TPSA) is 107 Å². The number of imidazole rings is 1. The lowest BCUT2D eigenvalue weighted by Gasteiger charge is -2.13. The van der Waals surface area contributed by atoms with Crippen LogP contribution in [0.4, 0.5) is 20.3 Å². The number of hydrogen-bond donors (Lipinski definition) is 2. The van der Waals surface area contributed by atoms with Gasteiger partial charge in [0.05, 0.1) is 28.5 Å². The largest absolute Gasteiger partial charge is 0.389 e. The lowest BCUT2D eigenvalue weighted by Crippen LogP contribution is -2.05. The van der Waals surface area contributed by atoms with E-state index in [1.807, 2.05) is 37.3 Å². The molecule has 0 aliphatic heterocycles. The first-order chi connectivity index (χ1) is 16.8. The lowest BCUT2D eigenvalue weighted by atomic mass is 10.0. The quantitative estimate of drug-likeness (QED) is 0.360. The van der Waals surface area contributed by atoms with Crippen molar-refractivity contribution < 1.29 is 13.9 Å². The SMILES string of the molecule is Cc1ccc(Nc2ccc3c(c2)ncn3-c2ccc(C(C)O)c(-c3nn(C(F)F)cc3C)n2)nn1. The Bertz CT molecular complexity index is 1510. The summed E-state index contributed by atoms with van der Waals surface area (Å²) in [5.74, 6) is 1.14. The molecule has 5 aromatic rings. The average molecular weight is 476 g/mol. The van der Waals surface area contributed by atoms with Crippen molar-refractivity contribution in [1.82, 2.24) is 34.5 Å². The van der Waals surface area contributed by atoms with Crippen molar-refractivity contribution in [1.29, 1.82) is 0 Å². The molecule has 11 heteroatoms. The van der Waals surface area contributed by atoms with E-state index in [1.165, 1.54) is 6.20 Å². The summed E-state index contributed by atoms with van der Waals surface area (Å²) < 4.78 is 28.8. The van der Waals surface area contributed by atoms with Crippen LogP contribution >= 0.6 is 0 Å². The first kappa shape index (κ1) is 22.5. The molecule has 0 saturated carbocycles. The summed E-state index contributed by atoms with van der Waals surface area (Å²) in [6.07, 6.45) is 2.04. The predicted molar refractivity (Wildman–Crippen MR) is 127 cm³/mol. The van der Waals surface area contributed by atoms with E-state index in [4.69, 9.17) is 4.98 Å². The van der Waals surface area contributed by atoms with Crippen LogP contribution in [0.1, 0.15) is 36.4 Å². The fourth-order valence-corrected chi connectivity index (χ4v) is 3.82. The maximum absolute atomic E-state index is 13.2. The number of fused-ring (bicyclic) bond motifs is 1. The number of rotatable bonds is 6. The van der Waals surface area contributed by atoms with Crippen LogP contribution in [0.3, 0.4) is 0 Å². The van der Waals surface area contributed by atoms with E-state index in [9.17, 15) is 13.9 Å². The summed E-state index contributed by atoms with van der Waals surface area (Å²) >= 11 is 0. The van der Waals surface area contributed by atoms with E-state index in [-0.39, 0.29) is 5.69 Å². The number of alkyl halides is 2. The maximum atomic E-state index is 13.2. The number of hydrogen-bond acceptors (Lipinski definition) is 7. The van der Waals surface area contributed by atoms with Gasteiger partial charge in [0.15, 0.2) is 5.82 Å². The van der Waals surface area contributed by atoms with Gasteiger partial charge in [-0.25, -0.2) is 14.6 Å². The van der Waals surface area contributed by atoms with Crippen LogP contribution in [-0.4, -0.2) is 39.6 Å². The molecule has 0 aliphatic carbocycles. The van der Waals surface area contributed by atoms with Gasteiger partial charge in [0, 0.05) is 17.4 Å². The molecule has 1 aromatic carbocycles. The fourth-order valence-electron chi connectivity index (χ4n) is 3.82. The van der Waals surface area contributed by atoms with Gasteiger partial charge in [-0.3, -0.25) is 4.57 Å². The normalized spacial score (nSPS) is 12.4. The number of halogens is 2. The smallest absolute Gasteiger partial charge is 0.333 e. The molecule has 35 heavy (non-hydrogen) atoms. The minimum absolute atomic E-state index is 0.290. The van der Waals surface area contributed by atoms with E-state index in [2.05, 4.69) is 25.6 Å². The number of nitrogens with one attached hydrogen (secondary N) is 1. The molecule has 1 atom stereocenters. The molecule has 9 nitrogen and oxygen atoms in total. The molecule has 0 spiro atoms. The highest BCUT2D eigenvalue weighted by Crippen LogP contribution is 2.31. The Kier molecular flexibility index (Phi) is 5.69. The van der Waals surface area contributed by atoms with Crippen LogP contribution in [0.25, 0.3) is 28.2 Å². The van der Waals surface area contributed by atoms with Crippen LogP contribution in [0.15, 0.2) is 55.0 Å².